The molecule has 0 aliphatic carbocycles. The van der Waals surface area contributed by atoms with E-state index in [2.05, 4.69) is 12.2 Å². The van der Waals surface area contributed by atoms with Crippen molar-refractivity contribution in [3.05, 3.63) is 0 Å². The number of halogens is 3. The van der Waals surface area contributed by atoms with Gasteiger partial charge in [-0.3, -0.25) is 0 Å². The molecular weight excluding hydrogens is 164 g/mol. The summed E-state index contributed by atoms with van der Waals surface area (Å²) in [5, 5.41) is 0. The number of thiocarbonyl (C=S) groups is 1. The minimum absolute atomic E-state index is 0.0710. The second-order valence-corrected chi connectivity index (χ2v) is 2.30. The van der Waals surface area contributed by atoms with Gasteiger partial charge in [-0.15, -0.1) is 0 Å². The summed E-state index contributed by atoms with van der Waals surface area (Å²) in [4.78, 5) is 0. The Morgan fingerprint density at radius 2 is 1.67 bits per heavy atom. The lowest BCUT2D eigenvalue weighted by Crippen LogP contribution is -1.96. The van der Waals surface area contributed by atoms with E-state index in [0.29, 0.717) is 3.94 Å². The fraction of sp³-hybridized carbons (Fsp3) is 0. The van der Waals surface area contributed by atoms with E-state index in [1.54, 1.807) is 0 Å². The minimum Gasteiger partial charge on any atom is -0.171 e. The van der Waals surface area contributed by atoms with Gasteiger partial charge in [0.2, 0.25) is 4.45 Å². The Morgan fingerprint density at radius 1 is 1.50 bits per heavy atom. The first-order valence-corrected chi connectivity index (χ1v) is 2.42. The Morgan fingerprint density at radius 3 is 1.67 bits per heavy atom. The molecule has 36 valence electrons. The first kappa shape index (κ1) is 6.76. The van der Waals surface area contributed by atoms with Crippen LogP contribution in [-0.2, 0) is 0 Å². The SMILES string of the molecule is S=C(Cl)N(Cl)Cl. The van der Waals surface area contributed by atoms with Crippen LogP contribution in [0.25, 0.3) is 0 Å². The van der Waals surface area contributed by atoms with Crippen LogP contribution in [0.2, 0.25) is 0 Å². The van der Waals surface area contributed by atoms with Crippen LogP contribution in [0.3, 0.4) is 0 Å². The fourth-order valence-corrected chi connectivity index (χ4v) is 0. The van der Waals surface area contributed by atoms with Crippen molar-refractivity contribution in [3.63, 3.8) is 0 Å². The molecule has 0 amide bonds. The third-order valence-corrected chi connectivity index (χ3v) is 1.20. The number of rotatable bonds is 0. The molecule has 0 radical (unpaired) electrons. The lowest BCUT2D eigenvalue weighted by Gasteiger charge is -1.93. The smallest absolute Gasteiger partial charge is 0.171 e. The average Bonchev–Trinajstić information content (AvgIpc) is 1.36. The van der Waals surface area contributed by atoms with Gasteiger partial charge in [0, 0.05) is 23.6 Å². The van der Waals surface area contributed by atoms with E-state index in [1.165, 1.54) is 0 Å². The lowest BCUT2D eigenvalue weighted by atomic mass is 11.5. The number of hydrogen-bond acceptors (Lipinski definition) is 1. The molecule has 0 atom stereocenters. The Bertz CT molecular complexity index is 61.8. The van der Waals surface area contributed by atoms with Crippen molar-refractivity contribution in [2.24, 2.45) is 0 Å². The molecule has 0 unspecified atom stereocenters. The van der Waals surface area contributed by atoms with Gasteiger partial charge in [0.25, 0.3) is 0 Å². The molecule has 5 heteroatoms. The zero-order valence-electron chi connectivity index (χ0n) is 2.49. The summed E-state index contributed by atoms with van der Waals surface area (Å²) < 4.78 is 0.537. The molecule has 0 spiro atoms. The normalized spacial score (nSPS) is 7.83. The minimum atomic E-state index is -0.0710. The van der Waals surface area contributed by atoms with Crippen LogP contribution >= 0.6 is 47.4 Å². The van der Waals surface area contributed by atoms with E-state index in [1.807, 2.05) is 0 Å². The van der Waals surface area contributed by atoms with Gasteiger partial charge >= 0.3 is 0 Å². The largest absolute Gasteiger partial charge is 0.200 e. The first-order chi connectivity index (χ1) is 2.64. The summed E-state index contributed by atoms with van der Waals surface area (Å²) >= 11 is 19.1. The molecule has 0 aliphatic rings. The van der Waals surface area contributed by atoms with Gasteiger partial charge in [-0.1, -0.05) is 0 Å². The van der Waals surface area contributed by atoms with Crippen molar-refractivity contribution >= 4 is 51.8 Å². The molecule has 0 aliphatic heterocycles. The zero-order chi connectivity index (χ0) is 5.15. The van der Waals surface area contributed by atoms with E-state index in [4.69, 9.17) is 35.2 Å². The lowest BCUT2D eigenvalue weighted by molar-refractivity contribution is 1.14. The molecule has 1 nitrogen and oxygen atoms in total. The molecule has 0 aromatic rings. The highest BCUT2D eigenvalue weighted by molar-refractivity contribution is 7.83. The standard InChI is InChI=1S/CCl3NS/c2-1(6)5(3)4. The van der Waals surface area contributed by atoms with Crippen molar-refractivity contribution in [1.82, 2.24) is 3.94 Å². The van der Waals surface area contributed by atoms with Crippen LogP contribution < -0.4 is 0 Å². The van der Waals surface area contributed by atoms with Crippen LogP contribution in [0.4, 0.5) is 0 Å². The van der Waals surface area contributed by atoms with E-state index < -0.39 is 0 Å². The van der Waals surface area contributed by atoms with Gasteiger partial charge in [-0.2, -0.15) is 3.94 Å². The van der Waals surface area contributed by atoms with Gasteiger partial charge < -0.3 is 0 Å². The van der Waals surface area contributed by atoms with Gasteiger partial charge in [-0.05, 0) is 23.8 Å². The van der Waals surface area contributed by atoms with Crippen molar-refractivity contribution in [2.75, 3.05) is 0 Å². The molecule has 6 heavy (non-hydrogen) atoms. The van der Waals surface area contributed by atoms with Crippen molar-refractivity contribution in [3.8, 4) is 0 Å². The predicted octanol–water partition coefficient (Wildman–Crippen LogP) is 2.12. The van der Waals surface area contributed by atoms with Gasteiger partial charge in [0.15, 0.2) is 0 Å². The molecule has 0 saturated carbocycles. The third-order valence-electron chi connectivity index (χ3n) is 0.133. The molecule has 0 heterocycles. The quantitative estimate of drug-likeness (QED) is 0.234. The maximum Gasteiger partial charge on any atom is 0.200 e. The summed E-state index contributed by atoms with van der Waals surface area (Å²) in [6.07, 6.45) is 0. The highest BCUT2D eigenvalue weighted by Crippen LogP contribution is 2.03. The van der Waals surface area contributed by atoms with E-state index in [0.717, 1.165) is 0 Å². The highest BCUT2D eigenvalue weighted by atomic mass is 35.5. The third kappa shape index (κ3) is 2.97. The zero-order valence-corrected chi connectivity index (χ0v) is 5.57. The second-order valence-electron chi connectivity index (χ2n) is 0.486. The second kappa shape index (κ2) is 2.86. The Hall–Kier alpha value is 0.760. The Balaban J connectivity index is 3.26. The maximum absolute atomic E-state index is 5.01. The summed E-state index contributed by atoms with van der Waals surface area (Å²) in [7, 11) is 0. The topological polar surface area (TPSA) is 3.24 Å². The molecule has 0 bridgehead atoms. The maximum atomic E-state index is 5.01. The molecule has 0 rings (SSSR count). The van der Waals surface area contributed by atoms with Crippen LogP contribution in [0.5, 0.6) is 0 Å². The molecule has 0 aromatic carbocycles. The predicted molar refractivity (Wildman–Crippen MR) is 32.0 cm³/mol. The van der Waals surface area contributed by atoms with Gasteiger partial charge in [-0.25, -0.2) is 0 Å². The van der Waals surface area contributed by atoms with E-state index in [9.17, 15) is 0 Å². The van der Waals surface area contributed by atoms with Crippen molar-refractivity contribution in [1.29, 1.82) is 0 Å². The Kier molecular flexibility index (Phi) is 3.22. The van der Waals surface area contributed by atoms with Crippen LogP contribution in [0, 0.1) is 0 Å². The molecule has 0 fully saturated rings. The molecule has 0 N–H and O–H groups in total. The van der Waals surface area contributed by atoms with Gasteiger partial charge in [0.1, 0.15) is 0 Å². The van der Waals surface area contributed by atoms with E-state index in [-0.39, 0.29) is 4.45 Å². The van der Waals surface area contributed by atoms with Crippen molar-refractivity contribution < 1.29 is 0 Å². The summed E-state index contributed by atoms with van der Waals surface area (Å²) in [5.74, 6) is 0. The number of nitrogens with zero attached hydrogens (tertiary/aromatic N) is 1. The monoisotopic (exact) mass is 163 g/mol. The van der Waals surface area contributed by atoms with Crippen LogP contribution in [0.15, 0.2) is 0 Å². The first-order valence-electron chi connectivity index (χ1n) is 0.955. The summed E-state index contributed by atoms with van der Waals surface area (Å²) in [6.45, 7) is 0. The fourth-order valence-electron chi connectivity index (χ4n) is 0. The van der Waals surface area contributed by atoms with E-state index >= 15 is 0 Å². The Labute approximate surface area is 56.0 Å². The molecule has 0 saturated heterocycles. The van der Waals surface area contributed by atoms with Crippen LogP contribution in [0.1, 0.15) is 0 Å². The van der Waals surface area contributed by atoms with Gasteiger partial charge in [0.05, 0.1) is 0 Å². The highest BCUT2D eigenvalue weighted by Gasteiger charge is 1.93. The number of hydrogen-bond donors (Lipinski definition) is 0. The van der Waals surface area contributed by atoms with Crippen LogP contribution in [-0.4, -0.2) is 8.39 Å². The molecular formula is CCl3NS. The van der Waals surface area contributed by atoms with Crippen molar-refractivity contribution in [2.45, 2.75) is 0 Å². The summed E-state index contributed by atoms with van der Waals surface area (Å²) in [5.41, 5.74) is 0. The average molecular weight is 164 g/mol. The molecule has 0 aromatic heterocycles. The summed E-state index contributed by atoms with van der Waals surface area (Å²) in [6, 6.07) is 0.